The summed E-state index contributed by atoms with van der Waals surface area (Å²) in [6, 6.07) is 51.3. The third-order valence-electron chi connectivity index (χ3n) is 7.89. The monoisotopic (exact) mass is 523 g/mol. The number of hydrogen-bond donors (Lipinski definition) is 0. The van der Waals surface area contributed by atoms with Crippen LogP contribution >= 0.6 is 0 Å². The highest BCUT2D eigenvalue weighted by Crippen LogP contribution is 2.36. The number of aromatic nitrogens is 3. The molecule has 0 unspecified atom stereocenters. The van der Waals surface area contributed by atoms with E-state index in [1.165, 1.54) is 38.2 Å². The first-order valence-electron chi connectivity index (χ1n) is 13.8. The number of para-hydroxylation sites is 1. The molecule has 2 heterocycles. The van der Waals surface area contributed by atoms with Gasteiger partial charge < -0.3 is 0 Å². The van der Waals surface area contributed by atoms with Crippen molar-refractivity contribution in [2.45, 2.75) is 0 Å². The Morgan fingerprint density at radius 1 is 0.439 bits per heavy atom. The third kappa shape index (κ3) is 3.98. The standard InChI is InChI=1S/C38H25N3/c1-2-9-26(10-3-1)27-17-19-28(20-18-27)30-12-8-13-31(25-30)35-23-24-39-38(40-35)41-36-16-7-6-15-33(36)34-22-21-29-11-4-5-14-32(29)37(34)41/h1-25H. The van der Waals surface area contributed by atoms with E-state index < -0.39 is 0 Å². The highest BCUT2D eigenvalue weighted by Gasteiger charge is 2.17. The number of fused-ring (bicyclic) bond motifs is 5. The van der Waals surface area contributed by atoms with E-state index in [2.05, 4.69) is 138 Å². The lowest BCUT2D eigenvalue weighted by Gasteiger charge is -2.10. The van der Waals surface area contributed by atoms with Gasteiger partial charge >= 0.3 is 0 Å². The molecule has 0 fully saturated rings. The van der Waals surface area contributed by atoms with E-state index in [9.17, 15) is 0 Å². The molecule has 0 aliphatic carbocycles. The van der Waals surface area contributed by atoms with Crippen LogP contribution in [0, 0.1) is 0 Å². The van der Waals surface area contributed by atoms with Crippen LogP contribution in [0.15, 0.2) is 152 Å². The Morgan fingerprint density at radius 2 is 1.10 bits per heavy atom. The quantitative estimate of drug-likeness (QED) is 0.230. The van der Waals surface area contributed by atoms with Crippen molar-refractivity contribution in [3.63, 3.8) is 0 Å². The second kappa shape index (κ2) is 9.58. The average molecular weight is 524 g/mol. The molecule has 6 aromatic carbocycles. The topological polar surface area (TPSA) is 30.7 Å². The molecule has 2 aromatic heterocycles. The van der Waals surface area contributed by atoms with E-state index in [1.807, 2.05) is 18.3 Å². The highest BCUT2D eigenvalue weighted by atomic mass is 15.2. The summed E-state index contributed by atoms with van der Waals surface area (Å²) in [5.41, 5.74) is 8.95. The zero-order chi connectivity index (χ0) is 27.2. The normalized spacial score (nSPS) is 11.4. The Bertz CT molecular complexity index is 2190. The SMILES string of the molecule is c1ccc(-c2ccc(-c3cccc(-c4ccnc(-n5c6ccccc6c6ccc7ccccc7c65)n4)c3)cc2)cc1. The van der Waals surface area contributed by atoms with Crippen molar-refractivity contribution in [1.29, 1.82) is 0 Å². The Labute approximate surface area is 238 Å². The summed E-state index contributed by atoms with van der Waals surface area (Å²) in [4.78, 5) is 9.92. The summed E-state index contributed by atoms with van der Waals surface area (Å²) >= 11 is 0. The van der Waals surface area contributed by atoms with Gasteiger partial charge in [0.1, 0.15) is 0 Å². The van der Waals surface area contributed by atoms with Gasteiger partial charge in [0.05, 0.1) is 16.7 Å². The molecule has 192 valence electrons. The van der Waals surface area contributed by atoms with Crippen LogP contribution in [0.1, 0.15) is 0 Å². The smallest absolute Gasteiger partial charge is 0.235 e. The number of rotatable bonds is 4. The molecular formula is C38H25N3. The van der Waals surface area contributed by atoms with Gasteiger partial charge in [0.2, 0.25) is 5.95 Å². The lowest BCUT2D eigenvalue weighted by atomic mass is 9.98. The van der Waals surface area contributed by atoms with Crippen LogP contribution in [0.4, 0.5) is 0 Å². The van der Waals surface area contributed by atoms with E-state index >= 15 is 0 Å². The van der Waals surface area contributed by atoms with Crippen molar-refractivity contribution in [2.24, 2.45) is 0 Å². The Morgan fingerprint density at radius 3 is 1.95 bits per heavy atom. The molecule has 8 rings (SSSR count). The van der Waals surface area contributed by atoms with Crippen molar-refractivity contribution >= 4 is 32.6 Å². The van der Waals surface area contributed by atoms with Crippen molar-refractivity contribution in [3.8, 4) is 39.5 Å². The highest BCUT2D eigenvalue weighted by molar-refractivity contribution is 6.18. The molecule has 0 bridgehead atoms. The van der Waals surface area contributed by atoms with E-state index in [1.54, 1.807) is 0 Å². The summed E-state index contributed by atoms with van der Waals surface area (Å²) in [7, 11) is 0. The van der Waals surface area contributed by atoms with E-state index in [0.717, 1.165) is 27.9 Å². The van der Waals surface area contributed by atoms with Gasteiger partial charge in [-0.15, -0.1) is 0 Å². The van der Waals surface area contributed by atoms with Gasteiger partial charge in [0, 0.05) is 27.9 Å². The molecule has 0 radical (unpaired) electrons. The lowest BCUT2D eigenvalue weighted by Crippen LogP contribution is -2.02. The molecule has 8 aromatic rings. The van der Waals surface area contributed by atoms with Crippen LogP contribution < -0.4 is 0 Å². The molecule has 3 heteroatoms. The molecule has 0 amide bonds. The Hall–Kier alpha value is -5.54. The zero-order valence-electron chi connectivity index (χ0n) is 22.3. The molecule has 0 aliphatic rings. The number of benzene rings is 6. The lowest BCUT2D eigenvalue weighted by molar-refractivity contribution is 0.994. The largest absolute Gasteiger partial charge is 0.277 e. The maximum Gasteiger partial charge on any atom is 0.235 e. The van der Waals surface area contributed by atoms with Crippen LogP contribution in [0.3, 0.4) is 0 Å². The van der Waals surface area contributed by atoms with E-state index in [4.69, 9.17) is 9.97 Å². The summed E-state index contributed by atoms with van der Waals surface area (Å²) < 4.78 is 2.21. The van der Waals surface area contributed by atoms with Gasteiger partial charge in [-0.1, -0.05) is 127 Å². The fourth-order valence-corrected chi connectivity index (χ4v) is 5.90. The van der Waals surface area contributed by atoms with Crippen molar-refractivity contribution in [3.05, 3.63) is 152 Å². The van der Waals surface area contributed by atoms with Gasteiger partial charge in [0.15, 0.2) is 0 Å². The van der Waals surface area contributed by atoms with Crippen molar-refractivity contribution in [2.75, 3.05) is 0 Å². The molecule has 41 heavy (non-hydrogen) atoms. The first-order chi connectivity index (χ1) is 20.3. The maximum absolute atomic E-state index is 5.13. The third-order valence-corrected chi connectivity index (χ3v) is 7.89. The van der Waals surface area contributed by atoms with Crippen molar-refractivity contribution in [1.82, 2.24) is 14.5 Å². The van der Waals surface area contributed by atoms with Crippen LogP contribution in [0.5, 0.6) is 0 Å². The summed E-state index contributed by atoms with van der Waals surface area (Å²) in [6.07, 6.45) is 1.87. The first-order valence-corrected chi connectivity index (χ1v) is 13.8. The van der Waals surface area contributed by atoms with Crippen molar-refractivity contribution < 1.29 is 0 Å². The van der Waals surface area contributed by atoms with Gasteiger partial charge in [0.25, 0.3) is 0 Å². The fourth-order valence-electron chi connectivity index (χ4n) is 5.90. The van der Waals surface area contributed by atoms with Crippen LogP contribution in [0.2, 0.25) is 0 Å². The minimum Gasteiger partial charge on any atom is -0.277 e. The van der Waals surface area contributed by atoms with Gasteiger partial charge in [-0.25, -0.2) is 9.97 Å². The van der Waals surface area contributed by atoms with Crippen LogP contribution in [0.25, 0.3) is 72.0 Å². The molecular weight excluding hydrogens is 498 g/mol. The molecule has 0 saturated carbocycles. The molecule has 0 aliphatic heterocycles. The number of hydrogen-bond acceptors (Lipinski definition) is 2. The average Bonchev–Trinajstić information content (AvgIpc) is 3.40. The van der Waals surface area contributed by atoms with E-state index in [-0.39, 0.29) is 0 Å². The molecule has 0 saturated heterocycles. The first kappa shape index (κ1) is 23.4. The summed E-state index contributed by atoms with van der Waals surface area (Å²) in [6.45, 7) is 0. The predicted octanol–water partition coefficient (Wildman–Crippen LogP) is 9.73. The van der Waals surface area contributed by atoms with Gasteiger partial charge in [-0.3, -0.25) is 4.57 Å². The predicted molar refractivity (Wildman–Crippen MR) is 170 cm³/mol. The Kier molecular flexibility index (Phi) is 5.46. The zero-order valence-corrected chi connectivity index (χ0v) is 22.3. The van der Waals surface area contributed by atoms with E-state index in [0.29, 0.717) is 5.95 Å². The second-order valence-electron chi connectivity index (χ2n) is 10.3. The summed E-state index contributed by atoms with van der Waals surface area (Å²) in [5, 5.41) is 4.79. The molecule has 3 nitrogen and oxygen atoms in total. The fraction of sp³-hybridized carbons (Fsp3) is 0. The minimum atomic E-state index is 0.669. The Balaban J connectivity index is 1.24. The summed E-state index contributed by atoms with van der Waals surface area (Å²) in [5.74, 6) is 0.669. The minimum absolute atomic E-state index is 0.669. The van der Waals surface area contributed by atoms with Gasteiger partial charge in [-0.05, 0) is 45.8 Å². The van der Waals surface area contributed by atoms with Crippen LogP contribution in [-0.4, -0.2) is 14.5 Å². The van der Waals surface area contributed by atoms with Gasteiger partial charge in [-0.2, -0.15) is 0 Å². The molecule has 0 atom stereocenters. The van der Waals surface area contributed by atoms with Crippen LogP contribution in [-0.2, 0) is 0 Å². The number of nitrogens with zero attached hydrogens (tertiary/aromatic N) is 3. The molecule has 0 N–H and O–H groups in total. The second-order valence-corrected chi connectivity index (χ2v) is 10.3. The maximum atomic E-state index is 5.13. The molecule has 0 spiro atoms.